The second kappa shape index (κ2) is 3.26. The van der Waals surface area contributed by atoms with Gasteiger partial charge in [-0.3, -0.25) is 4.40 Å². The second-order valence-electron chi connectivity index (χ2n) is 5.25. The molecule has 1 fully saturated rings. The Morgan fingerprint density at radius 1 is 1.35 bits per heavy atom. The zero-order valence-electron chi connectivity index (χ0n) is 10.4. The summed E-state index contributed by atoms with van der Waals surface area (Å²) >= 11 is 0. The Bertz CT molecular complexity index is 580. The van der Waals surface area contributed by atoms with Crippen LogP contribution in [0.3, 0.4) is 0 Å². The van der Waals surface area contributed by atoms with Crippen molar-refractivity contribution in [2.45, 2.75) is 39.2 Å². The van der Waals surface area contributed by atoms with Gasteiger partial charge in [0.1, 0.15) is 0 Å². The average molecular weight is 231 g/mol. The summed E-state index contributed by atoms with van der Waals surface area (Å²) in [6, 6.07) is 2.03. The maximum Gasteiger partial charge on any atom is 0.255 e. The Hall–Kier alpha value is -1.49. The minimum atomic E-state index is -0.402. The molecular formula is C12H17N5. The van der Waals surface area contributed by atoms with Crippen molar-refractivity contribution >= 4 is 5.78 Å². The first-order chi connectivity index (χ1) is 8.00. The Morgan fingerprint density at radius 2 is 2.06 bits per heavy atom. The lowest BCUT2D eigenvalue weighted by Crippen LogP contribution is -2.38. The van der Waals surface area contributed by atoms with Crippen LogP contribution in [0.4, 0.5) is 0 Å². The first-order valence-electron chi connectivity index (χ1n) is 5.99. The maximum absolute atomic E-state index is 6.41. The van der Waals surface area contributed by atoms with E-state index in [1.165, 1.54) is 12.8 Å². The molecule has 1 aliphatic rings. The van der Waals surface area contributed by atoms with E-state index in [2.05, 4.69) is 15.2 Å². The summed E-state index contributed by atoms with van der Waals surface area (Å²) in [6.07, 6.45) is 2.36. The summed E-state index contributed by atoms with van der Waals surface area (Å²) in [5.41, 5.74) is 8.05. The molecule has 2 aromatic heterocycles. The Morgan fingerprint density at radius 3 is 2.71 bits per heavy atom. The number of fused-ring (bicyclic) bond motifs is 1. The summed E-state index contributed by atoms with van der Waals surface area (Å²) in [4.78, 5) is 4.38. The van der Waals surface area contributed by atoms with Crippen LogP contribution in [0, 0.1) is 19.8 Å². The molecule has 0 aliphatic heterocycles. The molecule has 90 valence electrons. The van der Waals surface area contributed by atoms with Crippen molar-refractivity contribution in [1.82, 2.24) is 19.6 Å². The number of nitrogens with zero attached hydrogens (tertiary/aromatic N) is 4. The van der Waals surface area contributed by atoms with Gasteiger partial charge in [-0.15, -0.1) is 10.2 Å². The molecule has 0 amide bonds. The zero-order valence-corrected chi connectivity index (χ0v) is 10.4. The highest BCUT2D eigenvalue weighted by atomic mass is 15.3. The van der Waals surface area contributed by atoms with Crippen molar-refractivity contribution < 1.29 is 0 Å². The lowest BCUT2D eigenvalue weighted by atomic mass is 9.96. The van der Waals surface area contributed by atoms with Crippen molar-refractivity contribution in [2.75, 3.05) is 0 Å². The van der Waals surface area contributed by atoms with E-state index in [4.69, 9.17) is 5.73 Å². The van der Waals surface area contributed by atoms with Gasteiger partial charge in [-0.05, 0) is 45.6 Å². The highest BCUT2D eigenvalue weighted by molar-refractivity contribution is 5.34. The predicted octanol–water partition coefficient (Wildman–Crippen LogP) is 1.33. The quantitative estimate of drug-likeness (QED) is 0.846. The largest absolute Gasteiger partial charge is 0.319 e. The molecule has 17 heavy (non-hydrogen) atoms. The van der Waals surface area contributed by atoms with Gasteiger partial charge in [0.2, 0.25) is 0 Å². The number of hydrogen-bond acceptors (Lipinski definition) is 4. The van der Waals surface area contributed by atoms with E-state index < -0.39 is 5.54 Å². The number of hydrogen-bond donors (Lipinski definition) is 1. The van der Waals surface area contributed by atoms with E-state index in [9.17, 15) is 0 Å². The van der Waals surface area contributed by atoms with Gasteiger partial charge < -0.3 is 5.73 Å². The van der Waals surface area contributed by atoms with Crippen LogP contribution < -0.4 is 5.73 Å². The van der Waals surface area contributed by atoms with Crippen LogP contribution in [-0.4, -0.2) is 19.6 Å². The Kier molecular flexibility index (Phi) is 2.04. The fourth-order valence-corrected chi connectivity index (χ4v) is 2.44. The van der Waals surface area contributed by atoms with Crippen LogP contribution in [-0.2, 0) is 5.54 Å². The third-order valence-electron chi connectivity index (χ3n) is 3.60. The van der Waals surface area contributed by atoms with E-state index >= 15 is 0 Å². The van der Waals surface area contributed by atoms with Gasteiger partial charge in [0.05, 0.1) is 5.54 Å². The summed E-state index contributed by atoms with van der Waals surface area (Å²) in [6.45, 7) is 6.04. The van der Waals surface area contributed by atoms with E-state index in [1.807, 2.05) is 31.2 Å². The molecule has 0 saturated heterocycles. The molecule has 5 heteroatoms. The zero-order chi connectivity index (χ0) is 12.2. The summed E-state index contributed by atoms with van der Waals surface area (Å²) in [5.74, 6) is 2.01. The van der Waals surface area contributed by atoms with Crippen molar-refractivity contribution in [3.8, 4) is 0 Å². The fraction of sp³-hybridized carbons (Fsp3) is 0.583. The fourth-order valence-electron chi connectivity index (χ4n) is 2.44. The standard InChI is InChI=1S/C12H17N5/c1-7-6-8(2)17-10(15-16-11(17)14-7)12(3,13)9-4-5-9/h6,9H,4-5,13H2,1-3H3. The SMILES string of the molecule is Cc1cc(C)n2c(C(C)(N)C3CC3)nnc2n1. The van der Waals surface area contributed by atoms with Crippen molar-refractivity contribution in [1.29, 1.82) is 0 Å². The van der Waals surface area contributed by atoms with Crippen molar-refractivity contribution in [3.05, 3.63) is 23.3 Å². The Labute approximate surface area is 100 Å². The first-order valence-corrected chi connectivity index (χ1v) is 5.99. The summed E-state index contributed by atoms with van der Waals surface area (Å²) < 4.78 is 1.98. The maximum atomic E-state index is 6.41. The van der Waals surface area contributed by atoms with Crippen LogP contribution in [0.15, 0.2) is 6.07 Å². The topological polar surface area (TPSA) is 69.1 Å². The summed E-state index contributed by atoms with van der Waals surface area (Å²) in [5, 5.41) is 8.39. The molecular weight excluding hydrogens is 214 g/mol. The molecule has 1 unspecified atom stereocenters. The van der Waals surface area contributed by atoms with E-state index in [1.54, 1.807) is 0 Å². The van der Waals surface area contributed by atoms with E-state index in [0.29, 0.717) is 11.7 Å². The average Bonchev–Trinajstić information content (AvgIpc) is 2.99. The second-order valence-corrected chi connectivity index (χ2v) is 5.25. The molecule has 1 aliphatic carbocycles. The summed E-state index contributed by atoms with van der Waals surface area (Å²) in [7, 11) is 0. The van der Waals surface area contributed by atoms with Gasteiger partial charge in [0.15, 0.2) is 5.82 Å². The van der Waals surface area contributed by atoms with Crippen LogP contribution in [0.1, 0.15) is 37.0 Å². The number of aromatic nitrogens is 4. The molecule has 2 aromatic rings. The lowest BCUT2D eigenvalue weighted by Gasteiger charge is -2.22. The molecule has 5 nitrogen and oxygen atoms in total. The smallest absolute Gasteiger partial charge is 0.255 e. The van der Waals surface area contributed by atoms with Crippen LogP contribution in [0.2, 0.25) is 0 Å². The van der Waals surface area contributed by atoms with Gasteiger partial charge in [-0.2, -0.15) is 0 Å². The van der Waals surface area contributed by atoms with Crippen LogP contribution in [0.5, 0.6) is 0 Å². The molecule has 3 rings (SSSR count). The third-order valence-corrected chi connectivity index (χ3v) is 3.60. The first kappa shape index (κ1) is 10.7. The van der Waals surface area contributed by atoms with E-state index in [-0.39, 0.29) is 0 Å². The molecule has 1 saturated carbocycles. The van der Waals surface area contributed by atoms with Gasteiger partial charge in [0.25, 0.3) is 5.78 Å². The predicted molar refractivity (Wildman–Crippen MR) is 64.5 cm³/mol. The molecule has 2 N–H and O–H groups in total. The molecule has 2 heterocycles. The van der Waals surface area contributed by atoms with Gasteiger partial charge in [-0.25, -0.2) is 4.98 Å². The third kappa shape index (κ3) is 1.53. The molecule has 1 atom stereocenters. The molecule has 0 radical (unpaired) electrons. The van der Waals surface area contributed by atoms with Crippen molar-refractivity contribution in [3.63, 3.8) is 0 Å². The normalized spacial score (nSPS) is 19.5. The monoisotopic (exact) mass is 231 g/mol. The molecule has 0 spiro atoms. The highest BCUT2D eigenvalue weighted by Crippen LogP contribution is 2.43. The van der Waals surface area contributed by atoms with Crippen LogP contribution in [0.25, 0.3) is 5.78 Å². The number of aryl methyl sites for hydroxylation is 2. The molecule has 0 aromatic carbocycles. The molecule has 0 bridgehead atoms. The van der Waals surface area contributed by atoms with Gasteiger partial charge >= 0.3 is 0 Å². The number of rotatable bonds is 2. The minimum Gasteiger partial charge on any atom is -0.319 e. The van der Waals surface area contributed by atoms with Crippen LogP contribution >= 0.6 is 0 Å². The van der Waals surface area contributed by atoms with Gasteiger partial charge in [0, 0.05) is 11.4 Å². The number of nitrogens with two attached hydrogens (primary N) is 1. The van der Waals surface area contributed by atoms with E-state index in [0.717, 1.165) is 17.2 Å². The lowest BCUT2D eigenvalue weighted by molar-refractivity contribution is 0.395. The Balaban J connectivity index is 2.24. The minimum absolute atomic E-state index is 0.402. The highest BCUT2D eigenvalue weighted by Gasteiger charge is 2.43. The van der Waals surface area contributed by atoms with Gasteiger partial charge in [-0.1, -0.05) is 0 Å². The van der Waals surface area contributed by atoms with Crippen molar-refractivity contribution in [2.24, 2.45) is 11.7 Å².